The van der Waals surface area contributed by atoms with Crippen LogP contribution >= 0.6 is 15.9 Å². The lowest BCUT2D eigenvalue weighted by Crippen LogP contribution is -1.99. The van der Waals surface area contributed by atoms with Gasteiger partial charge in [-0.3, -0.25) is 0 Å². The molecule has 0 atom stereocenters. The molecule has 0 saturated heterocycles. The Hall–Kier alpha value is -1.39. The first-order valence-corrected chi connectivity index (χ1v) is 6.25. The molecule has 0 spiro atoms. The zero-order valence-electron chi connectivity index (χ0n) is 9.57. The van der Waals surface area contributed by atoms with Crippen LogP contribution in [0, 0.1) is 5.82 Å². The van der Waals surface area contributed by atoms with E-state index in [1.165, 1.54) is 12.1 Å². The molecule has 4 heteroatoms. The van der Waals surface area contributed by atoms with Crippen molar-refractivity contribution in [3.63, 3.8) is 0 Å². The summed E-state index contributed by atoms with van der Waals surface area (Å²) in [5.74, 6) is -0.281. The summed E-state index contributed by atoms with van der Waals surface area (Å²) in [6.45, 7) is 0.109. The zero-order valence-corrected chi connectivity index (χ0v) is 11.2. The van der Waals surface area contributed by atoms with Crippen molar-refractivity contribution in [2.75, 3.05) is 0 Å². The van der Waals surface area contributed by atoms with Gasteiger partial charge in [-0.1, -0.05) is 40.2 Å². The van der Waals surface area contributed by atoms with Gasteiger partial charge in [-0.25, -0.2) is 4.39 Å². The third kappa shape index (κ3) is 3.09. The smallest absolute Gasteiger partial charge is 0.165 e. The van der Waals surface area contributed by atoms with E-state index in [1.807, 2.05) is 24.3 Å². The third-order valence-corrected chi connectivity index (χ3v) is 3.29. The van der Waals surface area contributed by atoms with Crippen molar-refractivity contribution >= 4 is 15.9 Å². The second kappa shape index (κ2) is 5.98. The molecule has 0 saturated carbocycles. The second-order valence-electron chi connectivity index (χ2n) is 3.80. The molecule has 1 N–H and O–H groups in total. The summed E-state index contributed by atoms with van der Waals surface area (Å²) in [5, 5.41) is 8.88. The van der Waals surface area contributed by atoms with E-state index in [0.29, 0.717) is 5.56 Å². The molecule has 94 valence electrons. The monoisotopic (exact) mass is 310 g/mol. The highest BCUT2D eigenvalue weighted by Crippen LogP contribution is 2.22. The lowest BCUT2D eigenvalue weighted by atomic mass is 10.2. The van der Waals surface area contributed by atoms with Gasteiger partial charge in [0.15, 0.2) is 11.6 Å². The first kappa shape index (κ1) is 13.1. The summed E-state index contributed by atoms with van der Waals surface area (Å²) >= 11 is 3.40. The maximum absolute atomic E-state index is 13.6. The van der Waals surface area contributed by atoms with Crippen molar-refractivity contribution in [1.29, 1.82) is 0 Å². The summed E-state index contributed by atoms with van der Waals surface area (Å²) in [6.07, 6.45) is 0. The van der Waals surface area contributed by atoms with Gasteiger partial charge in [0.25, 0.3) is 0 Å². The van der Waals surface area contributed by atoms with Gasteiger partial charge in [-0.2, -0.15) is 0 Å². The SMILES string of the molecule is OCc1ccc(OCc2ccccc2Br)c(F)c1. The molecular weight excluding hydrogens is 299 g/mol. The highest BCUT2D eigenvalue weighted by atomic mass is 79.9. The molecule has 18 heavy (non-hydrogen) atoms. The molecule has 0 aromatic heterocycles. The van der Waals surface area contributed by atoms with Crippen LogP contribution in [-0.2, 0) is 13.2 Å². The number of aliphatic hydroxyl groups is 1. The topological polar surface area (TPSA) is 29.5 Å². The van der Waals surface area contributed by atoms with Gasteiger partial charge in [0.2, 0.25) is 0 Å². The maximum atomic E-state index is 13.6. The summed E-state index contributed by atoms with van der Waals surface area (Å²) in [6, 6.07) is 12.1. The minimum Gasteiger partial charge on any atom is -0.486 e. The first-order chi connectivity index (χ1) is 8.70. The molecule has 0 bridgehead atoms. The first-order valence-electron chi connectivity index (χ1n) is 5.46. The van der Waals surface area contributed by atoms with Crippen LogP contribution in [0.1, 0.15) is 11.1 Å². The van der Waals surface area contributed by atoms with Crippen molar-refractivity contribution in [3.05, 3.63) is 63.9 Å². The fraction of sp³-hybridized carbons (Fsp3) is 0.143. The zero-order chi connectivity index (χ0) is 13.0. The fourth-order valence-electron chi connectivity index (χ4n) is 1.53. The maximum Gasteiger partial charge on any atom is 0.165 e. The molecule has 0 radical (unpaired) electrons. The van der Waals surface area contributed by atoms with E-state index in [2.05, 4.69) is 15.9 Å². The highest BCUT2D eigenvalue weighted by molar-refractivity contribution is 9.10. The Bertz CT molecular complexity index is 543. The average molecular weight is 311 g/mol. The number of ether oxygens (including phenoxy) is 1. The average Bonchev–Trinajstić information content (AvgIpc) is 2.39. The van der Waals surface area contributed by atoms with Crippen LogP contribution < -0.4 is 4.74 Å². The summed E-state index contributed by atoms with van der Waals surface area (Å²) in [5.41, 5.74) is 1.48. The van der Waals surface area contributed by atoms with Crippen LogP contribution in [0.25, 0.3) is 0 Å². The molecule has 0 amide bonds. The quantitative estimate of drug-likeness (QED) is 0.934. The van der Waals surface area contributed by atoms with Crippen LogP contribution in [0.5, 0.6) is 5.75 Å². The number of hydrogen-bond acceptors (Lipinski definition) is 2. The molecule has 2 aromatic rings. The summed E-state index contributed by atoms with van der Waals surface area (Å²) in [7, 11) is 0. The van der Waals surface area contributed by atoms with E-state index in [0.717, 1.165) is 10.0 Å². The Balaban J connectivity index is 2.09. The van der Waals surface area contributed by atoms with Crippen LogP contribution in [0.2, 0.25) is 0 Å². The van der Waals surface area contributed by atoms with Gasteiger partial charge < -0.3 is 9.84 Å². The molecule has 2 nitrogen and oxygen atoms in total. The number of hydrogen-bond donors (Lipinski definition) is 1. The van der Waals surface area contributed by atoms with E-state index >= 15 is 0 Å². The molecule has 0 aliphatic rings. The van der Waals surface area contributed by atoms with Crippen molar-refractivity contribution in [3.8, 4) is 5.75 Å². The number of benzene rings is 2. The van der Waals surface area contributed by atoms with Crippen molar-refractivity contribution in [2.45, 2.75) is 13.2 Å². The Labute approximate surface area is 113 Å². The van der Waals surface area contributed by atoms with Crippen molar-refractivity contribution in [1.82, 2.24) is 0 Å². The van der Waals surface area contributed by atoms with Crippen molar-refractivity contribution < 1.29 is 14.2 Å². The van der Waals surface area contributed by atoms with Gasteiger partial charge >= 0.3 is 0 Å². The molecule has 0 fully saturated rings. The van der Waals surface area contributed by atoms with E-state index in [4.69, 9.17) is 9.84 Å². The summed E-state index contributed by atoms with van der Waals surface area (Å²) < 4.78 is 19.9. The molecule has 0 heterocycles. The molecule has 0 unspecified atom stereocenters. The third-order valence-electron chi connectivity index (χ3n) is 2.52. The van der Waals surface area contributed by atoms with Gasteiger partial charge in [-0.05, 0) is 23.8 Å². The summed E-state index contributed by atoms with van der Waals surface area (Å²) in [4.78, 5) is 0. The second-order valence-corrected chi connectivity index (χ2v) is 4.66. The van der Waals surface area contributed by atoms with Crippen LogP contribution in [0.3, 0.4) is 0 Å². The van der Waals surface area contributed by atoms with E-state index in [9.17, 15) is 4.39 Å². The van der Waals surface area contributed by atoms with Gasteiger partial charge in [0, 0.05) is 10.0 Å². The predicted molar refractivity (Wildman–Crippen MR) is 70.8 cm³/mol. The standard InChI is InChI=1S/C14H12BrFO2/c15-12-4-2-1-3-11(12)9-18-14-6-5-10(8-17)7-13(14)16/h1-7,17H,8-9H2. The van der Waals surface area contributed by atoms with Crippen LogP contribution in [0.4, 0.5) is 4.39 Å². The predicted octanol–water partition coefficient (Wildman–Crippen LogP) is 3.66. The Kier molecular flexibility index (Phi) is 4.33. The number of halogens is 2. The minimum absolute atomic E-state index is 0.179. The molecule has 2 rings (SSSR count). The van der Waals surface area contributed by atoms with E-state index in [-0.39, 0.29) is 19.0 Å². The Morgan fingerprint density at radius 1 is 1.17 bits per heavy atom. The van der Waals surface area contributed by atoms with Crippen molar-refractivity contribution in [2.24, 2.45) is 0 Å². The molecular formula is C14H12BrFO2. The van der Waals surface area contributed by atoms with Crippen LogP contribution in [-0.4, -0.2) is 5.11 Å². The van der Waals surface area contributed by atoms with Gasteiger partial charge in [0.05, 0.1) is 6.61 Å². The lowest BCUT2D eigenvalue weighted by molar-refractivity contribution is 0.276. The van der Waals surface area contributed by atoms with Crippen LogP contribution in [0.15, 0.2) is 46.9 Å². The Morgan fingerprint density at radius 2 is 1.94 bits per heavy atom. The van der Waals surface area contributed by atoms with Gasteiger partial charge in [0.1, 0.15) is 6.61 Å². The minimum atomic E-state index is -0.464. The molecule has 0 aliphatic heterocycles. The lowest BCUT2D eigenvalue weighted by Gasteiger charge is -2.09. The largest absolute Gasteiger partial charge is 0.486 e. The van der Waals surface area contributed by atoms with E-state index < -0.39 is 5.82 Å². The Morgan fingerprint density at radius 3 is 2.61 bits per heavy atom. The normalized spacial score (nSPS) is 10.4. The number of rotatable bonds is 4. The fourth-order valence-corrected chi connectivity index (χ4v) is 1.93. The highest BCUT2D eigenvalue weighted by Gasteiger charge is 2.06. The molecule has 2 aromatic carbocycles. The van der Waals surface area contributed by atoms with E-state index in [1.54, 1.807) is 6.07 Å². The molecule has 0 aliphatic carbocycles. The van der Waals surface area contributed by atoms with Gasteiger partial charge in [-0.15, -0.1) is 0 Å². The number of aliphatic hydroxyl groups excluding tert-OH is 1.